The Labute approximate surface area is 123 Å². The molecule has 1 aromatic rings. The highest BCUT2D eigenvalue weighted by molar-refractivity contribution is 9.10. The Balaban J connectivity index is 2.63. The van der Waals surface area contributed by atoms with E-state index in [1.807, 2.05) is 19.1 Å². The van der Waals surface area contributed by atoms with Crippen LogP contribution in [0.5, 0.6) is 11.5 Å². The van der Waals surface area contributed by atoms with E-state index in [0.29, 0.717) is 0 Å². The van der Waals surface area contributed by atoms with E-state index in [2.05, 4.69) is 28.2 Å². The van der Waals surface area contributed by atoms with Gasteiger partial charge in [-0.3, -0.25) is 0 Å². The van der Waals surface area contributed by atoms with Crippen LogP contribution >= 0.6 is 15.9 Å². The first-order valence-corrected chi connectivity index (χ1v) is 7.14. The molecule has 0 radical (unpaired) electrons. The first-order chi connectivity index (χ1) is 9.12. The van der Waals surface area contributed by atoms with Gasteiger partial charge >= 0.3 is 0 Å². The van der Waals surface area contributed by atoms with Gasteiger partial charge in [0.1, 0.15) is 0 Å². The van der Waals surface area contributed by atoms with E-state index in [1.54, 1.807) is 14.2 Å². The summed E-state index contributed by atoms with van der Waals surface area (Å²) in [6.45, 7) is 6.36. The van der Waals surface area contributed by atoms with Crippen LogP contribution in [-0.4, -0.2) is 33.5 Å². The van der Waals surface area contributed by atoms with Gasteiger partial charge in [-0.15, -0.1) is 0 Å². The SMILES string of the molecule is CCOC(C)CNCc1cc(OC)c(OC)cc1Br. The summed E-state index contributed by atoms with van der Waals surface area (Å²) in [5.41, 5.74) is 1.13. The van der Waals surface area contributed by atoms with E-state index in [0.717, 1.165) is 41.2 Å². The molecule has 0 fully saturated rings. The van der Waals surface area contributed by atoms with Crippen LogP contribution < -0.4 is 14.8 Å². The van der Waals surface area contributed by atoms with Crippen molar-refractivity contribution in [3.05, 3.63) is 22.2 Å². The molecule has 1 unspecified atom stereocenters. The lowest BCUT2D eigenvalue weighted by Crippen LogP contribution is -2.26. The minimum Gasteiger partial charge on any atom is -0.493 e. The van der Waals surface area contributed by atoms with Gasteiger partial charge in [-0.05, 0) is 31.5 Å². The zero-order valence-electron chi connectivity index (χ0n) is 12.0. The monoisotopic (exact) mass is 331 g/mol. The molecule has 0 saturated carbocycles. The number of nitrogens with one attached hydrogen (secondary N) is 1. The van der Waals surface area contributed by atoms with Crippen molar-refractivity contribution in [2.75, 3.05) is 27.4 Å². The fourth-order valence-electron chi connectivity index (χ4n) is 1.79. The number of halogens is 1. The zero-order valence-corrected chi connectivity index (χ0v) is 13.5. The molecule has 1 N–H and O–H groups in total. The molecular formula is C14H22BrNO3. The van der Waals surface area contributed by atoms with Crippen molar-refractivity contribution in [1.82, 2.24) is 5.32 Å². The average Bonchev–Trinajstić information content (AvgIpc) is 2.40. The van der Waals surface area contributed by atoms with Crippen molar-refractivity contribution in [1.29, 1.82) is 0 Å². The average molecular weight is 332 g/mol. The second-order valence-electron chi connectivity index (χ2n) is 4.20. The molecule has 0 aromatic heterocycles. The second kappa shape index (κ2) is 8.40. The Kier molecular flexibility index (Phi) is 7.20. The van der Waals surface area contributed by atoms with E-state index in [9.17, 15) is 0 Å². The number of hydrogen-bond acceptors (Lipinski definition) is 4. The Hall–Kier alpha value is -0.780. The van der Waals surface area contributed by atoms with Gasteiger partial charge in [0, 0.05) is 24.2 Å². The zero-order chi connectivity index (χ0) is 14.3. The summed E-state index contributed by atoms with van der Waals surface area (Å²) >= 11 is 3.54. The van der Waals surface area contributed by atoms with E-state index < -0.39 is 0 Å². The third-order valence-corrected chi connectivity index (χ3v) is 3.49. The van der Waals surface area contributed by atoms with Crippen molar-refractivity contribution in [3.63, 3.8) is 0 Å². The molecule has 0 aliphatic carbocycles. The molecule has 0 spiro atoms. The third-order valence-electron chi connectivity index (χ3n) is 2.75. The van der Waals surface area contributed by atoms with Gasteiger partial charge in [-0.25, -0.2) is 0 Å². The quantitative estimate of drug-likeness (QED) is 0.794. The highest BCUT2D eigenvalue weighted by Crippen LogP contribution is 2.33. The second-order valence-corrected chi connectivity index (χ2v) is 5.05. The van der Waals surface area contributed by atoms with Crippen molar-refractivity contribution in [2.45, 2.75) is 26.5 Å². The van der Waals surface area contributed by atoms with Crippen molar-refractivity contribution in [3.8, 4) is 11.5 Å². The largest absolute Gasteiger partial charge is 0.493 e. The van der Waals surface area contributed by atoms with E-state index in [-0.39, 0.29) is 6.10 Å². The molecule has 5 heteroatoms. The molecule has 0 aliphatic heterocycles. The van der Waals surface area contributed by atoms with Crippen LogP contribution in [0.4, 0.5) is 0 Å². The highest BCUT2D eigenvalue weighted by atomic mass is 79.9. The summed E-state index contributed by atoms with van der Waals surface area (Å²) in [5.74, 6) is 1.46. The summed E-state index contributed by atoms with van der Waals surface area (Å²) < 4.78 is 17.0. The van der Waals surface area contributed by atoms with Crippen LogP contribution in [0.2, 0.25) is 0 Å². The third kappa shape index (κ3) is 5.01. The number of hydrogen-bond donors (Lipinski definition) is 1. The normalized spacial score (nSPS) is 12.3. The van der Waals surface area contributed by atoms with E-state index in [4.69, 9.17) is 14.2 Å². The molecule has 1 atom stereocenters. The van der Waals surface area contributed by atoms with E-state index in [1.165, 1.54) is 0 Å². The predicted octanol–water partition coefficient (Wildman–Crippen LogP) is 2.98. The highest BCUT2D eigenvalue weighted by Gasteiger charge is 2.09. The van der Waals surface area contributed by atoms with Gasteiger partial charge in [0.25, 0.3) is 0 Å². The first-order valence-electron chi connectivity index (χ1n) is 6.35. The molecule has 0 aliphatic rings. The maximum atomic E-state index is 5.47. The number of rotatable bonds is 8. The van der Waals surface area contributed by atoms with Gasteiger partial charge in [0.2, 0.25) is 0 Å². The standard InChI is InChI=1S/C14H22BrNO3/c1-5-19-10(2)8-16-9-11-6-13(17-3)14(18-4)7-12(11)15/h6-7,10,16H,5,8-9H2,1-4H3. The number of ether oxygens (including phenoxy) is 3. The lowest BCUT2D eigenvalue weighted by molar-refractivity contribution is 0.0759. The van der Waals surface area contributed by atoms with E-state index >= 15 is 0 Å². The Morgan fingerprint density at radius 1 is 1.21 bits per heavy atom. The van der Waals surface area contributed by atoms with Gasteiger partial charge in [-0.2, -0.15) is 0 Å². The minimum atomic E-state index is 0.212. The summed E-state index contributed by atoms with van der Waals surface area (Å²) in [4.78, 5) is 0. The Bertz CT molecular complexity index is 399. The molecule has 1 aromatic carbocycles. The van der Waals surface area contributed by atoms with Crippen LogP contribution in [0.15, 0.2) is 16.6 Å². The number of methoxy groups -OCH3 is 2. The van der Waals surface area contributed by atoms with Crippen molar-refractivity contribution >= 4 is 15.9 Å². The summed E-state index contributed by atoms with van der Waals surface area (Å²) in [6, 6.07) is 3.89. The first kappa shape index (κ1) is 16.3. The Morgan fingerprint density at radius 2 is 1.84 bits per heavy atom. The van der Waals surface area contributed by atoms with Crippen LogP contribution in [0.3, 0.4) is 0 Å². The maximum absolute atomic E-state index is 5.47. The molecule has 0 bridgehead atoms. The van der Waals surface area contributed by atoms with Gasteiger partial charge in [-0.1, -0.05) is 15.9 Å². The van der Waals surface area contributed by atoms with Crippen molar-refractivity contribution in [2.24, 2.45) is 0 Å². The molecule has 0 amide bonds. The molecule has 0 heterocycles. The smallest absolute Gasteiger partial charge is 0.161 e. The van der Waals surface area contributed by atoms with Crippen LogP contribution in [0, 0.1) is 0 Å². The molecule has 4 nitrogen and oxygen atoms in total. The van der Waals surface area contributed by atoms with Gasteiger partial charge in [0.05, 0.1) is 20.3 Å². The Morgan fingerprint density at radius 3 is 2.42 bits per heavy atom. The molecule has 19 heavy (non-hydrogen) atoms. The fraction of sp³-hybridized carbons (Fsp3) is 0.571. The topological polar surface area (TPSA) is 39.7 Å². The maximum Gasteiger partial charge on any atom is 0.161 e. The predicted molar refractivity (Wildman–Crippen MR) is 80.0 cm³/mol. The van der Waals surface area contributed by atoms with Crippen LogP contribution in [0.1, 0.15) is 19.4 Å². The number of benzene rings is 1. The molecular weight excluding hydrogens is 310 g/mol. The van der Waals surface area contributed by atoms with Gasteiger partial charge < -0.3 is 19.5 Å². The van der Waals surface area contributed by atoms with Crippen LogP contribution in [-0.2, 0) is 11.3 Å². The minimum absolute atomic E-state index is 0.212. The summed E-state index contributed by atoms with van der Waals surface area (Å²) in [6.07, 6.45) is 0.212. The lowest BCUT2D eigenvalue weighted by Gasteiger charge is -2.15. The molecule has 108 valence electrons. The summed E-state index contributed by atoms with van der Waals surface area (Å²) in [7, 11) is 3.27. The molecule has 1 rings (SSSR count). The fourth-order valence-corrected chi connectivity index (χ4v) is 2.25. The van der Waals surface area contributed by atoms with Gasteiger partial charge in [0.15, 0.2) is 11.5 Å². The summed E-state index contributed by atoms with van der Waals surface area (Å²) in [5, 5.41) is 3.36. The van der Waals surface area contributed by atoms with Crippen LogP contribution in [0.25, 0.3) is 0 Å². The van der Waals surface area contributed by atoms with Crippen molar-refractivity contribution < 1.29 is 14.2 Å². The molecule has 0 saturated heterocycles. The lowest BCUT2D eigenvalue weighted by atomic mass is 10.2.